The molecule has 0 amide bonds. The Morgan fingerprint density at radius 3 is 2.23 bits per heavy atom. The van der Waals surface area contributed by atoms with Gasteiger partial charge in [-0.25, -0.2) is 0 Å². The van der Waals surface area contributed by atoms with E-state index in [0.29, 0.717) is 23.3 Å². The van der Waals surface area contributed by atoms with Gasteiger partial charge in [0, 0.05) is 11.1 Å². The van der Waals surface area contributed by atoms with Crippen molar-refractivity contribution in [3.05, 3.63) is 34.3 Å². The van der Waals surface area contributed by atoms with E-state index in [0.717, 1.165) is 63.5 Å². The zero-order chi connectivity index (χ0) is 19.6. The maximum absolute atomic E-state index is 12.7. The van der Waals surface area contributed by atoms with E-state index in [2.05, 4.69) is 0 Å². The minimum atomic E-state index is -4.34. The Balaban J connectivity index is 2.17. The molecule has 0 aliphatic heterocycles. The van der Waals surface area contributed by atoms with E-state index in [1.165, 1.54) is 6.07 Å². The first-order valence-electron chi connectivity index (χ1n) is 9.17. The number of hydrogen-bond donors (Lipinski definition) is 3. The van der Waals surface area contributed by atoms with Crippen molar-refractivity contribution in [3.63, 3.8) is 0 Å². The summed E-state index contributed by atoms with van der Waals surface area (Å²) in [5, 5.41) is 17.9. The topological polar surface area (TPSA) is 66.5 Å². The van der Waals surface area contributed by atoms with Gasteiger partial charge in [0.25, 0.3) is 0 Å². The summed E-state index contributed by atoms with van der Waals surface area (Å²) < 4.78 is 38.2. The molecule has 148 valence electrons. The fourth-order valence-corrected chi connectivity index (χ4v) is 3.11. The normalized spacial score (nSPS) is 13.0. The van der Waals surface area contributed by atoms with Crippen molar-refractivity contribution in [1.29, 1.82) is 0 Å². The van der Waals surface area contributed by atoms with Crippen molar-refractivity contribution in [2.75, 3.05) is 0 Å². The lowest BCUT2D eigenvalue weighted by molar-refractivity contribution is -0.137. The Hall–Kier alpha value is -0.755. The van der Waals surface area contributed by atoms with Gasteiger partial charge in [-0.15, -0.1) is 0 Å². The average Bonchev–Trinajstić information content (AvgIpc) is 2.55. The molecule has 0 radical (unpaired) electrons. The monoisotopic (exact) mass is 393 g/mol. The zero-order valence-corrected chi connectivity index (χ0v) is 15.7. The van der Waals surface area contributed by atoms with E-state index in [-0.39, 0.29) is 6.04 Å². The number of rotatable bonds is 12. The van der Waals surface area contributed by atoms with Crippen molar-refractivity contribution in [2.45, 2.75) is 76.3 Å². The van der Waals surface area contributed by atoms with Gasteiger partial charge in [0.05, 0.1) is 5.56 Å². The molecule has 0 heterocycles. The summed E-state index contributed by atoms with van der Waals surface area (Å²) in [7, 11) is -1.24. The maximum Gasteiger partial charge on any atom is 0.451 e. The molecule has 1 unspecified atom stereocenters. The quantitative estimate of drug-likeness (QED) is 0.352. The van der Waals surface area contributed by atoms with Crippen LogP contribution in [0.3, 0.4) is 0 Å². The number of unbranched alkanes of at least 4 members (excludes halogenated alkanes) is 4. The van der Waals surface area contributed by atoms with Crippen LogP contribution in [0.4, 0.5) is 13.2 Å². The minimum absolute atomic E-state index is 0.115. The molecule has 26 heavy (non-hydrogen) atoms. The Kier molecular flexibility index (Phi) is 10.6. The number of halogens is 4. The van der Waals surface area contributed by atoms with E-state index < -0.39 is 18.9 Å². The molecule has 8 heteroatoms. The summed E-state index contributed by atoms with van der Waals surface area (Å²) in [6.45, 7) is 0. The molecule has 0 aliphatic carbocycles. The molecule has 1 aromatic carbocycles. The van der Waals surface area contributed by atoms with E-state index in [1.807, 2.05) is 0 Å². The van der Waals surface area contributed by atoms with Crippen LogP contribution in [0.15, 0.2) is 18.2 Å². The third-order valence-electron chi connectivity index (χ3n) is 4.43. The average molecular weight is 394 g/mol. The van der Waals surface area contributed by atoms with Gasteiger partial charge in [-0.1, -0.05) is 43.7 Å². The van der Waals surface area contributed by atoms with Gasteiger partial charge in [0.15, 0.2) is 0 Å². The Morgan fingerprint density at radius 1 is 1.00 bits per heavy atom. The van der Waals surface area contributed by atoms with Crippen molar-refractivity contribution in [3.8, 4) is 0 Å². The summed E-state index contributed by atoms with van der Waals surface area (Å²) in [5.41, 5.74) is 5.91. The highest BCUT2D eigenvalue weighted by Crippen LogP contribution is 2.32. The van der Waals surface area contributed by atoms with Crippen molar-refractivity contribution in [2.24, 2.45) is 5.73 Å². The van der Waals surface area contributed by atoms with E-state index >= 15 is 0 Å². The lowest BCUT2D eigenvalue weighted by Crippen LogP contribution is -2.19. The zero-order valence-electron chi connectivity index (χ0n) is 14.9. The van der Waals surface area contributed by atoms with Crippen LogP contribution in [-0.2, 0) is 12.6 Å². The van der Waals surface area contributed by atoms with Crippen LogP contribution in [-0.4, -0.2) is 23.2 Å². The van der Waals surface area contributed by atoms with Crippen LogP contribution in [0.25, 0.3) is 0 Å². The number of aryl methyl sites for hydroxylation is 1. The predicted octanol–water partition coefficient (Wildman–Crippen LogP) is 4.82. The smallest absolute Gasteiger partial charge is 0.427 e. The summed E-state index contributed by atoms with van der Waals surface area (Å²) in [4.78, 5) is 0. The summed E-state index contributed by atoms with van der Waals surface area (Å²) in [6.07, 6.45) is 3.68. The van der Waals surface area contributed by atoms with Crippen LogP contribution in [0, 0.1) is 0 Å². The molecule has 1 aromatic rings. The SMILES string of the molecule is NC(CCCCCCc1cc(C(F)(F)F)ccc1Cl)CCCCB(O)O. The summed E-state index contributed by atoms with van der Waals surface area (Å²) in [5.74, 6) is 0. The van der Waals surface area contributed by atoms with E-state index in [1.54, 1.807) is 0 Å². The van der Waals surface area contributed by atoms with E-state index in [4.69, 9.17) is 27.4 Å². The Labute approximate surface area is 158 Å². The maximum atomic E-state index is 12.7. The van der Waals surface area contributed by atoms with Crippen LogP contribution in [0.5, 0.6) is 0 Å². The molecule has 1 atom stereocenters. The van der Waals surface area contributed by atoms with Gasteiger partial charge in [-0.3, -0.25) is 0 Å². The van der Waals surface area contributed by atoms with Crippen molar-refractivity contribution >= 4 is 18.7 Å². The molecule has 0 saturated heterocycles. The molecule has 0 saturated carbocycles. The molecule has 0 bridgehead atoms. The van der Waals surface area contributed by atoms with E-state index in [9.17, 15) is 13.2 Å². The summed E-state index contributed by atoms with van der Waals surface area (Å²) in [6, 6.07) is 3.58. The first-order chi connectivity index (χ1) is 12.2. The number of alkyl halides is 3. The lowest BCUT2D eigenvalue weighted by Gasteiger charge is -2.12. The third-order valence-corrected chi connectivity index (χ3v) is 4.80. The largest absolute Gasteiger partial charge is 0.451 e. The van der Waals surface area contributed by atoms with Gasteiger partial charge in [-0.2, -0.15) is 13.2 Å². The first-order valence-corrected chi connectivity index (χ1v) is 9.55. The minimum Gasteiger partial charge on any atom is -0.427 e. The van der Waals surface area contributed by atoms with Gasteiger partial charge in [0.1, 0.15) is 0 Å². The number of hydrogen-bond acceptors (Lipinski definition) is 3. The molecule has 0 aromatic heterocycles. The molecular weight excluding hydrogens is 365 g/mol. The highest BCUT2D eigenvalue weighted by molar-refractivity contribution is 6.40. The molecular formula is C18H28BClF3NO2. The van der Waals surface area contributed by atoms with Crippen LogP contribution in [0.1, 0.15) is 62.5 Å². The van der Waals surface area contributed by atoms with Crippen molar-refractivity contribution < 1.29 is 23.2 Å². The van der Waals surface area contributed by atoms with Crippen LogP contribution in [0.2, 0.25) is 11.3 Å². The molecule has 3 nitrogen and oxygen atoms in total. The second kappa shape index (κ2) is 11.9. The number of nitrogens with two attached hydrogens (primary N) is 1. The van der Waals surface area contributed by atoms with Crippen LogP contribution >= 0.6 is 11.6 Å². The van der Waals surface area contributed by atoms with Crippen LogP contribution < -0.4 is 5.73 Å². The van der Waals surface area contributed by atoms with Gasteiger partial charge in [-0.05, 0) is 55.8 Å². The molecule has 0 spiro atoms. The van der Waals surface area contributed by atoms with Gasteiger partial charge in [0.2, 0.25) is 0 Å². The van der Waals surface area contributed by atoms with Gasteiger partial charge < -0.3 is 15.8 Å². The standard InChI is InChI=1S/C18H28BClF3NO2/c20-17-11-10-15(18(21,22)23)13-14(17)7-3-1-2-4-8-16(24)9-5-6-12-19(25)26/h10-11,13,16,25-26H,1-9,12,24H2. The second-order valence-corrected chi connectivity index (χ2v) is 7.19. The first kappa shape index (κ1) is 23.3. The lowest BCUT2D eigenvalue weighted by atomic mass is 9.83. The highest BCUT2D eigenvalue weighted by Gasteiger charge is 2.30. The third kappa shape index (κ3) is 9.81. The predicted molar refractivity (Wildman–Crippen MR) is 100 cm³/mol. The molecule has 0 fully saturated rings. The van der Waals surface area contributed by atoms with Crippen molar-refractivity contribution in [1.82, 2.24) is 0 Å². The summed E-state index contributed by atoms with van der Waals surface area (Å²) >= 11 is 5.99. The Bertz CT molecular complexity index is 530. The number of benzene rings is 1. The highest BCUT2D eigenvalue weighted by atomic mass is 35.5. The fourth-order valence-electron chi connectivity index (χ4n) is 2.90. The molecule has 1 rings (SSSR count). The Morgan fingerprint density at radius 2 is 1.62 bits per heavy atom. The van der Waals surface area contributed by atoms with Gasteiger partial charge >= 0.3 is 13.3 Å². The molecule has 4 N–H and O–H groups in total. The second-order valence-electron chi connectivity index (χ2n) is 6.78. The molecule has 0 aliphatic rings. The fraction of sp³-hybridized carbons (Fsp3) is 0.667.